The third-order valence-corrected chi connectivity index (χ3v) is 4.92. The molecule has 0 aliphatic rings. The molecule has 3 rings (SSSR count). The molecule has 3 aromatic rings. The van der Waals surface area contributed by atoms with Crippen molar-refractivity contribution in [1.82, 2.24) is 19.6 Å². The number of hydrogen-bond donors (Lipinski definition) is 1. The van der Waals surface area contributed by atoms with Crippen LogP contribution in [0.1, 0.15) is 22.6 Å². The summed E-state index contributed by atoms with van der Waals surface area (Å²) in [5, 5.41) is 21.8. The van der Waals surface area contributed by atoms with Crippen LogP contribution in [0.4, 0.5) is 15.9 Å². The van der Waals surface area contributed by atoms with Gasteiger partial charge < -0.3 is 15.4 Å². The first kappa shape index (κ1) is 20.5. The number of nitrogens with zero attached hydrogens (tertiary/aromatic N) is 5. The maximum Gasteiger partial charge on any atom is 0.408 e. The van der Waals surface area contributed by atoms with E-state index in [2.05, 4.69) is 15.5 Å². The van der Waals surface area contributed by atoms with Crippen LogP contribution in [0, 0.1) is 36.7 Å². The molecule has 0 saturated heterocycles. The highest BCUT2D eigenvalue weighted by molar-refractivity contribution is 6.33. The summed E-state index contributed by atoms with van der Waals surface area (Å²) in [5.74, 6) is -1.23. The first-order valence-electron chi connectivity index (χ1n) is 8.63. The van der Waals surface area contributed by atoms with E-state index in [0.29, 0.717) is 23.6 Å². The highest BCUT2D eigenvalue weighted by Crippen LogP contribution is 2.26. The second-order valence-electron chi connectivity index (χ2n) is 6.52. The second kappa shape index (κ2) is 8.00. The van der Waals surface area contributed by atoms with E-state index in [1.54, 1.807) is 37.6 Å². The predicted molar refractivity (Wildman–Crippen MR) is 104 cm³/mol. The number of rotatable bonds is 6. The van der Waals surface area contributed by atoms with Gasteiger partial charge in [-0.2, -0.15) is 9.78 Å². The fourth-order valence-corrected chi connectivity index (χ4v) is 3.09. The average molecular weight is 421 g/mol. The van der Waals surface area contributed by atoms with Crippen LogP contribution in [-0.2, 0) is 17.9 Å². The predicted octanol–water partition coefficient (Wildman–Crippen LogP) is 3.39. The summed E-state index contributed by atoms with van der Waals surface area (Å²) in [5.41, 5.74) is 3.07. The molecule has 0 radical (unpaired) electrons. The lowest BCUT2D eigenvalue weighted by Crippen LogP contribution is -2.21. The first-order chi connectivity index (χ1) is 13.7. The zero-order valence-electron chi connectivity index (χ0n) is 15.9. The van der Waals surface area contributed by atoms with Crippen LogP contribution >= 0.6 is 11.6 Å². The Morgan fingerprint density at radius 1 is 1.17 bits per heavy atom. The Balaban J connectivity index is 1.76. The van der Waals surface area contributed by atoms with Crippen LogP contribution in [0.15, 0.2) is 24.3 Å². The molecule has 0 fully saturated rings. The van der Waals surface area contributed by atoms with Crippen molar-refractivity contribution in [2.75, 3.05) is 5.32 Å². The van der Waals surface area contributed by atoms with E-state index in [0.717, 1.165) is 11.3 Å². The maximum atomic E-state index is 13.1. The van der Waals surface area contributed by atoms with Gasteiger partial charge >= 0.3 is 5.82 Å². The number of amides is 1. The lowest BCUT2D eigenvalue weighted by Gasteiger charge is -2.07. The molecule has 0 aliphatic heterocycles. The van der Waals surface area contributed by atoms with Crippen molar-refractivity contribution in [2.24, 2.45) is 0 Å². The van der Waals surface area contributed by atoms with Crippen LogP contribution in [0.5, 0.6) is 0 Å². The van der Waals surface area contributed by atoms with Crippen LogP contribution in [0.25, 0.3) is 0 Å². The summed E-state index contributed by atoms with van der Waals surface area (Å²) < 4.78 is 16.0. The summed E-state index contributed by atoms with van der Waals surface area (Å²) >= 11 is 5.90. The Bertz CT molecular complexity index is 1090. The summed E-state index contributed by atoms with van der Waals surface area (Å²) in [6.45, 7) is 5.29. The number of halogens is 2. The fourth-order valence-electron chi connectivity index (χ4n) is 2.89. The molecule has 29 heavy (non-hydrogen) atoms. The van der Waals surface area contributed by atoms with Gasteiger partial charge in [-0.1, -0.05) is 23.7 Å². The van der Waals surface area contributed by atoms with Gasteiger partial charge in [-0.15, -0.1) is 0 Å². The minimum Gasteiger partial charge on any atom is -0.358 e. The first-order valence-corrected chi connectivity index (χ1v) is 9.00. The van der Waals surface area contributed by atoms with E-state index < -0.39 is 16.6 Å². The Labute approximate surface area is 170 Å². The maximum absolute atomic E-state index is 13.1. The molecule has 9 nitrogen and oxygen atoms in total. The Morgan fingerprint density at radius 3 is 2.41 bits per heavy atom. The topological polar surface area (TPSA) is 108 Å². The molecule has 0 spiro atoms. The van der Waals surface area contributed by atoms with E-state index in [9.17, 15) is 19.3 Å². The van der Waals surface area contributed by atoms with Gasteiger partial charge in [0, 0.05) is 0 Å². The van der Waals surface area contributed by atoms with Crippen LogP contribution in [0.2, 0.25) is 5.02 Å². The molecule has 0 saturated carbocycles. The quantitative estimate of drug-likeness (QED) is 0.485. The minimum absolute atomic E-state index is 0.0951. The third kappa shape index (κ3) is 4.27. The van der Waals surface area contributed by atoms with Crippen molar-refractivity contribution in [2.45, 2.75) is 33.9 Å². The number of carbonyl (C=O) groups is 1. The van der Waals surface area contributed by atoms with Gasteiger partial charge in [-0.05, 0) is 43.4 Å². The van der Waals surface area contributed by atoms with Crippen molar-refractivity contribution in [3.05, 3.63) is 67.9 Å². The molecule has 2 heterocycles. The van der Waals surface area contributed by atoms with Gasteiger partial charge in [-0.25, -0.2) is 4.39 Å². The molecule has 1 amide bonds. The van der Waals surface area contributed by atoms with Crippen molar-refractivity contribution >= 4 is 29.0 Å². The monoisotopic (exact) mass is 420 g/mol. The Hall–Kier alpha value is -3.27. The molecule has 0 bridgehead atoms. The van der Waals surface area contributed by atoms with Crippen LogP contribution in [-0.4, -0.2) is 30.4 Å². The standard InChI is InChI=1S/C18H18ClFN6O3/c1-10-17(12(3)24(22-10)8-13-4-6-14(20)7-5-13)21-15(27)9-25-11(2)16(19)18(23-25)26(28)29/h4-7H,8-9H2,1-3H3,(H,21,27). The molecule has 11 heteroatoms. The largest absolute Gasteiger partial charge is 0.408 e. The van der Waals surface area contributed by atoms with E-state index >= 15 is 0 Å². The summed E-state index contributed by atoms with van der Waals surface area (Å²) in [6, 6.07) is 6.09. The number of carbonyl (C=O) groups excluding carboxylic acids is 1. The lowest BCUT2D eigenvalue weighted by molar-refractivity contribution is -0.389. The molecule has 1 N–H and O–H groups in total. The Kier molecular flexibility index (Phi) is 5.64. The lowest BCUT2D eigenvalue weighted by atomic mass is 10.2. The number of benzene rings is 1. The number of nitrogens with one attached hydrogen (secondary N) is 1. The molecule has 0 unspecified atom stereocenters. The van der Waals surface area contributed by atoms with Crippen molar-refractivity contribution in [3.63, 3.8) is 0 Å². The average Bonchev–Trinajstić information content (AvgIpc) is 3.08. The molecule has 1 aromatic carbocycles. The summed E-state index contributed by atoms with van der Waals surface area (Å²) in [7, 11) is 0. The summed E-state index contributed by atoms with van der Waals surface area (Å²) in [4.78, 5) is 22.7. The Morgan fingerprint density at radius 2 is 1.83 bits per heavy atom. The zero-order valence-corrected chi connectivity index (χ0v) is 16.7. The fraction of sp³-hybridized carbons (Fsp3) is 0.278. The van der Waals surface area contributed by atoms with E-state index in [-0.39, 0.29) is 17.4 Å². The SMILES string of the molecule is Cc1nn(Cc2ccc(F)cc2)c(C)c1NC(=O)Cn1nc([N+](=O)[O-])c(Cl)c1C. The van der Waals surface area contributed by atoms with Crippen LogP contribution < -0.4 is 5.32 Å². The smallest absolute Gasteiger partial charge is 0.358 e. The minimum atomic E-state index is -0.697. The molecule has 152 valence electrons. The molecule has 0 atom stereocenters. The number of anilines is 1. The van der Waals surface area contributed by atoms with Crippen molar-refractivity contribution in [3.8, 4) is 0 Å². The highest BCUT2D eigenvalue weighted by Gasteiger charge is 2.25. The zero-order chi connectivity index (χ0) is 21.3. The van der Waals surface area contributed by atoms with E-state index in [4.69, 9.17) is 11.6 Å². The van der Waals surface area contributed by atoms with Crippen molar-refractivity contribution in [1.29, 1.82) is 0 Å². The van der Waals surface area contributed by atoms with Gasteiger partial charge in [0.05, 0.1) is 34.4 Å². The van der Waals surface area contributed by atoms with E-state index in [1.165, 1.54) is 16.8 Å². The molecule has 0 aliphatic carbocycles. The number of hydrogen-bond acceptors (Lipinski definition) is 5. The molecule has 2 aromatic heterocycles. The third-order valence-electron chi connectivity index (χ3n) is 4.47. The van der Waals surface area contributed by atoms with Gasteiger partial charge in [0.25, 0.3) is 0 Å². The molecular formula is C18H18ClFN6O3. The van der Waals surface area contributed by atoms with E-state index in [1.807, 2.05) is 0 Å². The number of nitro groups is 1. The van der Waals surface area contributed by atoms with Crippen LogP contribution in [0.3, 0.4) is 0 Å². The van der Waals surface area contributed by atoms with Gasteiger partial charge in [0.2, 0.25) is 5.91 Å². The number of aryl methyl sites for hydroxylation is 1. The highest BCUT2D eigenvalue weighted by atomic mass is 35.5. The van der Waals surface area contributed by atoms with Gasteiger partial charge in [0.15, 0.2) is 5.02 Å². The van der Waals surface area contributed by atoms with Gasteiger partial charge in [0.1, 0.15) is 12.4 Å². The normalized spacial score (nSPS) is 10.9. The van der Waals surface area contributed by atoms with Gasteiger partial charge in [-0.3, -0.25) is 9.48 Å². The number of aromatic nitrogens is 4. The molecular weight excluding hydrogens is 403 g/mol. The second-order valence-corrected chi connectivity index (χ2v) is 6.89. The van der Waals surface area contributed by atoms with Crippen molar-refractivity contribution < 1.29 is 14.1 Å². The summed E-state index contributed by atoms with van der Waals surface area (Å²) in [6.07, 6.45) is 0.